The van der Waals surface area contributed by atoms with Crippen molar-refractivity contribution in [2.24, 2.45) is 0 Å². The normalized spacial score (nSPS) is 20.7. The number of imide groups is 1. The van der Waals surface area contributed by atoms with Crippen molar-refractivity contribution in [1.82, 2.24) is 9.80 Å². The van der Waals surface area contributed by atoms with Gasteiger partial charge in [-0.3, -0.25) is 19.3 Å². The summed E-state index contributed by atoms with van der Waals surface area (Å²) in [7, 11) is 3.15. The lowest BCUT2D eigenvalue weighted by atomic mass is 9.81. The Morgan fingerprint density at radius 3 is 2.52 bits per heavy atom. The predicted molar refractivity (Wildman–Crippen MR) is 114 cm³/mol. The summed E-state index contributed by atoms with van der Waals surface area (Å²) in [6, 6.07) is 4.63. The summed E-state index contributed by atoms with van der Waals surface area (Å²) in [5.74, 6) is -0.227. The molecule has 9 heteroatoms. The van der Waals surface area contributed by atoms with Gasteiger partial charge < -0.3 is 19.9 Å². The van der Waals surface area contributed by atoms with E-state index in [1.54, 1.807) is 30.1 Å². The third kappa shape index (κ3) is 3.62. The first-order valence-corrected chi connectivity index (χ1v) is 10.8. The number of rotatable bonds is 5. The third-order valence-electron chi connectivity index (χ3n) is 6.61. The number of ether oxygens (including phenoxy) is 1. The lowest BCUT2D eigenvalue weighted by Gasteiger charge is -2.35. The third-order valence-corrected chi connectivity index (χ3v) is 6.61. The molecule has 0 atom stereocenters. The Bertz CT molecular complexity index is 924. The van der Waals surface area contributed by atoms with Crippen LogP contribution < -0.4 is 15.0 Å². The van der Waals surface area contributed by atoms with Gasteiger partial charge in [-0.2, -0.15) is 0 Å². The molecule has 1 spiro atoms. The molecule has 2 saturated heterocycles. The van der Waals surface area contributed by atoms with Crippen molar-refractivity contribution in [2.75, 3.05) is 37.5 Å². The highest BCUT2D eigenvalue weighted by molar-refractivity contribution is 6.10. The van der Waals surface area contributed by atoms with Crippen LogP contribution in [0, 0.1) is 0 Å². The topological polar surface area (TPSA) is 99.3 Å². The van der Waals surface area contributed by atoms with Gasteiger partial charge in [0.15, 0.2) is 0 Å². The van der Waals surface area contributed by atoms with Gasteiger partial charge in [-0.15, -0.1) is 0 Å². The number of nitrogens with one attached hydrogen (secondary N) is 1. The number of carbonyl (C=O) groups is 4. The molecule has 0 radical (unpaired) electrons. The summed E-state index contributed by atoms with van der Waals surface area (Å²) in [5, 5.41) is 2.73. The summed E-state index contributed by atoms with van der Waals surface area (Å²) in [4.78, 5) is 54.7. The van der Waals surface area contributed by atoms with Crippen molar-refractivity contribution in [3.63, 3.8) is 0 Å². The summed E-state index contributed by atoms with van der Waals surface area (Å²) in [5.41, 5.74) is 0.328. The van der Waals surface area contributed by atoms with Gasteiger partial charge in [-0.05, 0) is 31.4 Å². The average Bonchev–Trinajstić information content (AvgIpc) is 3.27. The van der Waals surface area contributed by atoms with Crippen LogP contribution in [0.15, 0.2) is 18.2 Å². The highest BCUT2D eigenvalue weighted by atomic mass is 16.5. The SMILES string of the molecule is COc1cc(NC(=O)CN2C(=O)N(C)C3(CCCCC3)C2=O)ccc1N1CCCC1=O. The molecule has 1 saturated carbocycles. The van der Waals surface area contributed by atoms with Crippen LogP contribution >= 0.6 is 0 Å². The van der Waals surface area contributed by atoms with Crippen LogP contribution in [0.1, 0.15) is 44.9 Å². The number of amides is 5. The number of nitrogens with zero attached hydrogens (tertiary/aromatic N) is 3. The Hall–Kier alpha value is -3.10. The molecule has 166 valence electrons. The van der Waals surface area contributed by atoms with E-state index in [-0.39, 0.29) is 18.4 Å². The zero-order chi connectivity index (χ0) is 22.2. The van der Waals surface area contributed by atoms with E-state index in [4.69, 9.17) is 4.74 Å². The molecular formula is C22H28N4O5. The largest absolute Gasteiger partial charge is 0.494 e. The molecule has 31 heavy (non-hydrogen) atoms. The van der Waals surface area contributed by atoms with Crippen molar-refractivity contribution < 1.29 is 23.9 Å². The molecule has 4 rings (SSSR count). The van der Waals surface area contributed by atoms with Crippen LogP contribution in [-0.4, -0.2) is 66.3 Å². The number of carbonyl (C=O) groups excluding carboxylic acids is 4. The maximum atomic E-state index is 13.0. The van der Waals surface area contributed by atoms with Crippen molar-refractivity contribution in [2.45, 2.75) is 50.5 Å². The second kappa shape index (κ2) is 8.20. The molecule has 9 nitrogen and oxygen atoms in total. The summed E-state index contributed by atoms with van der Waals surface area (Å²) in [6.07, 6.45) is 5.44. The lowest BCUT2D eigenvalue weighted by Crippen LogP contribution is -2.49. The van der Waals surface area contributed by atoms with Gasteiger partial charge in [0.25, 0.3) is 5.91 Å². The van der Waals surface area contributed by atoms with Crippen molar-refractivity contribution in [3.8, 4) is 5.75 Å². The molecule has 0 unspecified atom stereocenters. The zero-order valence-electron chi connectivity index (χ0n) is 18.0. The molecule has 0 bridgehead atoms. The fourth-order valence-corrected chi connectivity index (χ4v) is 4.90. The summed E-state index contributed by atoms with van der Waals surface area (Å²) in [6.45, 7) is 0.299. The standard InChI is InChI=1S/C22H28N4O5/c1-24-21(30)26(20(29)22(24)10-4-3-5-11-22)14-18(27)23-15-8-9-16(17(13-15)31-2)25-12-6-7-19(25)28/h8-9,13H,3-7,10-12,14H2,1-2H3,(H,23,27). The van der Waals surface area contributed by atoms with Gasteiger partial charge in [-0.25, -0.2) is 4.79 Å². The number of benzene rings is 1. The fourth-order valence-electron chi connectivity index (χ4n) is 4.90. The molecule has 1 aliphatic carbocycles. The van der Waals surface area contributed by atoms with Crippen LogP contribution in [0.4, 0.5) is 16.2 Å². The number of likely N-dealkylation sites (N-methyl/N-ethyl adjacent to an activating group) is 1. The zero-order valence-corrected chi connectivity index (χ0v) is 18.0. The monoisotopic (exact) mass is 428 g/mol. The lowest BCUT2D eigenvalue weighted by molar-refractivity contribution is -0.136. The van der Waals surface area contributed by atoms with Gasteiger partial charge >= 0.3 is 6.03 Å². The Balaban J connectivity index is 1.46. The first kappa shape index (κ1) is 21.1. The first-order chi connectivity index (χ1) is 14.9. The molecule has 0 aromatic heterocycles. The maximum Gasteiger partial charge on any atom is 0.327 e. The highest BCUT2D eigenvalue weighted by Crippen LogP contribution is 2.39. The quantitative estimate of drug-likeness (QED) is 0.726. The van der Waals surface area contributed by atoms with E-state index >= 15 is 0 Å². The van der Waals surface area contributed by atoms with Gasteiger partial charge in [0.2, 0.25) is 11.8 Å². The van der Waals surface area contributed by atoms with Gasteiger partial charge in [0.1, 0.15) is 17.8 Å². The molecule has 3 aliphatic rings. The smallest absolute Gasteiger partial charge is 0.327 e. The van der Waals surface area contributed by atoms with E-state index in [2.05, 4.69) is 5.32 Å². The second-order valence-electron chi connectivity index (χ2n) is 8.41. The van der Waals surface area contributed by atoms with E-state index in [0.29, 0.717) is 42.9 Å². The Kier molecular flexibility index (Phi) is 5.60. The Morgan fingerprint density at radius 1 is 1.13 bits per heavy atom. The van der Waals surface area contributed by atoms with Crippen molar-refractivity contribution in [1.29, 1.82) is 0 Å². The number of hydrogen-bond donors (Lipinski definition) is 1. The summed E-state index contributed by atoms with van der Waals surface area (Å²) < 4.78 is 5.41. The van der Waals surface area contributed by atoms with E-state index in [1.807, 2.05) is 0 Å². The van der Waals surface area contributed by atoms with Crippen LogP contribution in [0.25, 0.3) is 0 Å². The number of anilines is 2. The molecule has 1 N–H and O–H groups in total. The van der Waals surface area contributed by atoms with Gasteiger partial charge in [0.05, 0.1) is 12.8 Å². The fraction of sp³-hybridized carbons (Fsp3) is 0.545. The minimum Gasteiger partial charge on any atom is -0.494 e. The van der Waals surface area contributed by atoms with E-state index in [1.165, 1.54) is 12.0 Å². The first-order valence-electron chi connectivity index (χ1n) is 10.8. The van der Waals surface area contributed by atoms with E-state index in [9.17, 15) is 19.2 Å². The second-order valence-corrected chi connectivity index (χ2v) is 8.41. The Labute approximate surface area is 181 Å². The molecule has 1 aromatic rings. The predicted octanol–water partition coefficient (Wildman–Crippen LogP) is 2.36. The molecular weight excluding hydrogens is 400 g/mol. The van der Waals surface area contributed by atoms with Crippen LogP contribution in [0.5, 0.6) is 5.75 Å². The molecule has 2 heterocycles. The average molecular weight is 428 g/mol. The molecule has 5 amide bonds. The van der Waals surface area contributed by atoms with E-state index in [0.717, 1.165) is 30.6 Å². The minimum atomic E-state index is -0.803. The van der Waals surface area contributed by atoms with Crippen molar-refractivity contribution in [3.05, 3.63) is 18.2 Å². The number of hydrogen-bond acceptors (Lipinski definition) is 5. The highest BCUT2D eigenvalue weighted by Gasteiger charge is 2.55. The van der Waals surface area contributed by atoms with Gasteiger partial charge in [0, 0.05) is 31.8 Å². The maximum absolute atomic E-state index is 13.0. The van der Waals surface area contributed by atoms with Crippen LogP contribution in [0.3, 0.4) is 0 Å². The molecule has 3 fully saturated rings. The Morgan fingerprint density at radius 2 is 1.87 bits per heavy atom. The minimum absolute atomic E-state index is 0.0434. The van der Waals surface area contributed by atoms with Crippen LogP contribution in [0.2, 0.25) is 0 Å². The van der Waals surface area contributed by atoms with Gasteiger partial charge in [-0.1, -0.05) is 19.3 Å². The molecule has 1 aromatic carbocycles. The number of urea groups is 1. The van der Waals surface area contributed by atoms with Crippen molar-refractivity contribution >= 4 is 35.1 Å². The van der Waals surface area contributed by atoms with Crippen LogP contribution in [-0.2, 0) is 14.4 Å². The molecule has 2 aliphatic heterocycles. The number of methoxy groups -OCH3 is 1. The van der Waals surface area contributed by atoms with E-state index < -0.39 is 17.5 Å². The summed E-state index contributed by atoms with van der Waals surface area (Å²) >= 11 is 0.